The molecule has 1 aromatic heterocycles. The van der Waals surface area contributed by atoms with E-state index in [1.54, 1.807) is 12.1 Å². The maximum atomic E-state index is 13.7. The van der Waals surface area contributed by atoms with Crippen molar-refractivity contribution in [3.05, 3.63) is 70.9 Å². The van der Waals surface area contributed by atoms with Gasteiger partial charge in [0.15, 0.2) is 0 Å². The average molecular weight is 564 g/mol. The molecular weight excluding hydrogens is 536 g/mol. The number of ether oxygens (including phenoxy) is 1. The van der Waals surface area contributed by atoms with Gasteiger partial charge in [-0.25, -0.2) is 18.6 Å². The minimum Gasteiger partial charge on any atom is -0.447 e. The molecular formula is C26H28ClF2N5O5. The zero-order valence-corrected chi connectivity index (χ0v) is 21.8. The highest BCUT2D eigenvalue weighted by Gasteiger charge is 2.24. The van der Waals surface area contributed by atoms with Crippen LogP contribution >= 0.6 is 11.6 Å². The second-order valence-corrected chi connectivity index (χ2v) is 9.07. The number of rotatable bonds is 11. The third-order valence-electron chi connectivity index (χ3n) is 5.95. The first kappa shape index (κ1) is 29.7. The molecule has 39 heavy (non-hydrogen) atoms. The Morgan fingerprint density at radius 2 is 1.95 bits per heavy atom. The van der Waals surface area contributed by atoms with Crippen LogP contribution in [0.25, 0.3) is 10.8 Å². The summed E-state index contributed by atoms with van der Waals surface area (Å²) in [4.78, 5) is 42.8. The van der Waals surface area contributed by atoms with Gasteiger partial charge in [0.25, 0.3) is 0 Å². The lowest BCUT2D eigenvalue weighted by Crippen LogP contribution is -2.51. The molecule has 0 saturated carbocycles. The normalized spacial score (nSPS) is 12.5. The Morgan fingerprint density at radius 1 is 1.18 bits per heavy atom. The summed E-state index contributed by atoms with van der Waals surface area (Å²) in [5.74, 6) is -1.97. The molecule has 1 heterocycles. The predicted octanol–water partition coefficient (Wildman–Crippen LogP) is 2.61. The monoisotopic (exact) mass is 563 g/mol. The third kappa shape index (κ3) is 8.31. The molecule has 3 amide bonds. The highest BCUT2D eigenvalue weighted by atomic mass is 35.5. The van der Waals surface area contributed by atoms with Crippen LogP contribution in [0.5, 0.6) is 0 Å². The number of anilines is 1. The van der Waals surface area contributed by atoms with Crippen LogP contribution in [0, 0.1) is 11.6 Å². The number of carbonyl (C=O) groups excluding carboxylic acids is 3. The summed E-state index contributed by atoms with van der Waals surface area (Å²) in [6.45, 7) is -1.05. The summed E-state index contributed by atoms with van der Waals surface area (Å²) < 4.78 is 32.5. The van der Waals surface area contributed by atoms with Gasteiger partial charge in [-0.3, -0.25) is 14.9 Å². The Morgan fingerprint density at radius 3 is 2.69 bits per heavy atom. The number of aliphatic hydroxyl groups is 1. The highest BCUT2D eigenvalue weighted by molar-refractivity contribution is 6.31. The summed E-state index contributed by atoms with van der Waals surface area (Å²) >= 11 is 5.97. The van der Waals surface area contributed by atoms with E-state index in [-0.39, 0.29) is 42.7 Å². The van der Waals surface area contributed by atoms with E-state index in [1.165, 1.54) is 48.5 Å². The van der Waals surface area contributed by atoms with Crippen LogP contribution in [0.1, 0.15) is 12.0 Å². The maximum absolute atomic E-state index is 13.7. The van der Waals surface area contributed by atoms with Crippen LogP contribution in [0.4, 0.5) is 19.4 Å². The highest BCUT2D eigenvalue weighted by Crippen LogP contribution is 2.21. The number of aliphatic hydroxyl groups excluding tert-OH is 1. The molecule has 208 valence electrons. The summed E-state index contributed by atoms with van der Waals surface area (Å²) in [7, 11) is 1.46. The second-order valence-electron chi connectivity index (χ2n) is 8.69. The lowest BCUT2D eigenvalue weighted by Gasteiger charge is -2.28. The fourth-order valence-electron chi connectivity index (χ4n) is 3.60. The van der Waals surface area contributed by atoms with Crippen molar-refractivity contribution in [2.24, 2.45) is 5.73 Å². The molecule has 2 aromatic carbocycles. The minimum atomic E-state index is -1.17. The number of pyridine rings is 1. The Balaban J connectivity index is 1.64. The third-order valence-corrected chi connectivity index (χ3v) is 6.37. The summed E-state index contributed by atoms with van der Waals surface area (Å²) in [5, 5.41) is 15.2. The van der Waals surface area contributed by atoms with Gasteiger partial charge < -0.3 is 25.8 Å². The number of likely N-dealkylation sites (N-methyl/N-ethyl adjacent to an activating group) is 1. The first-order chi connectivity index (χ1) is 18.6. The number of hydrogen-bond acceptors (Lipinski definition) is 7. The molecule has 3 aromatic rings. The molecule has 13 heteroatoms. The van der Waals surface area contributed by atoms with E-state index in [0.29, 0.717) is 16.3 Å². The molecule has 2 atom stereocenters. The number of nitrogens with zero attached hydrogens (tertiary/aromatic N) is 2. The van der Waals surface area contributed by atoms with E-state index < -0.39 is 42.3 Å². The van der Waals surface area contributed by atoms with Gasteiger partial charge in [-0.2, -0.15) is 0 Å². The van der Waals surface area contributed by atoms with Crippen LogP contribution in [-0.2, 0) is 20.7 Å². The summed E-state index contributed by atoms with van der Waals surface area (Å²) in [5.41, 5.74) is 5.98. The average Bonchev–Trinajstić information content (AvgIpc) is 2.92. The molecule has 0 unspecified atom stereocenters. The van der Waals surface area contributed by atoms with Crippen LogP contribution < -0.4 is 16.4 Å². The number of carbonyl (C=O) groups is 3. The van der Waals surface area contributed by atoms with Crippen LogP contribution in [-0.4, -0.2) is 71.8 Å². The zero-order chi connectivity index (χ0) is 28.5. The Kier molecular flexibility index (Phi) is 10.5. The van der Waals surface area contributed by atoms with E-state index in [9.17, 15) is 23.2 Å². The molecule has 0 aliphatic rings. The number of hydrogen-bond donors (Lipinski definition) is 4. The van der Waals surface area contributed by atoms with E-state index in [4.69, 9.17) is 27.2 Å². The van der Waals surface area contributed by atoms with Crippen molar-refractivity contribution in [1.29, 1.82) is 0 Å². The number of aromatic nitrogens is 1. The number of nitrogens with one attached hydrogen (secondary N) is 2. The molecule has 0 radical (unpaired) electrons. The van der Waals surface area contributed by atoms with E-state index >= 15 is 0 Å². The van der Waals surface area contributed by atoms with Gasteiger partial charge in [0.1, 0.15) is 30.1 Å². The lowest BCUT2D eigenvalue weighted by atomic mass is 10.1. The van der Waals surface area contributed by atoms with Crippen molar-refractivity contribution in [2.75, 3.05) is 32.1 Å². The van der Waals surface area contributed by atoms with E-state index in [1.807, 2.05) is 0 Å². The van der Waals surface area contributed by atoms with Crippen LogP contribution in [0.2, 0.25) is 5.02 Å². The number of benzene rings is 2. The number of fused-ring (bicyclic) bond motifs is 1. The largest absolute Gasteiger partial charge is 0.447 e. The summed E-state index contributed by atoms with van der Waals surface area (Å²) in [6.07, 6.45) is 0.687. The van der Waals surface area contributed by atoms with Gasteiger partial charge in [-0.15, -0.1) is 0 Å². The number of aryl methyl sites for hydroxylation is 1. The van der Waals surface area contributed by atoms with Gasteiger partial charge in [0.2, 0.25) is 11.8 Å². The molecule has 10 nitrogen and oxygen atoms in total. The minimum absolute atomic E-state index is 0.0377. The van der Waals surface area contributed by atoms with Crippen LogP contribution in [0.3, 0.4) is 0 Å². The molecule has 0 bridgehead atoms. The van der Waals surface area contributed by atoms with Crippen molar-refractivity contribution < 1.29 is 33.0 Å². The Hall–Kier alpha value is -3.87. The fraction of sp³-hybridized carbons (Fsp3) is 0.308. The molecule has 0 spiro atoms. The quantitative estimate of drug-likeness (QED) is 0.280. The zero-order valence-electron chi connectivity index (χ0n) is 21.0. The SMILES string of the molecule is CN(C(=O)CCc1cccc(F)c1Cl)[C@@H](CNC(=O)[C@H](N)CO)COC(=O)Nc1cc2cc(F)ccc2cn1. The fourth-order valence-corrected chi connectivity index (χ4v) is 3.82. The predicted molar refractivity (Wildman–Crippen MR) is 141 cm³/mol. The first-order valence-electron chi connectivity index (χ1n) is 11.9. The van der Waals surface area contributed by atoms with Crippen molar-refractivity contribution in [3.63, 3.8) is 0 Å². The lowest BCUT2D eigenvalue weighted by molar-refractivity contribution is -0.133. The van der Waals surface area contributed by atoms with Gasteiger partial charge in [0.05, 0.1) is 17.7 Å². The second kappa shape index (κ2) is 13.8. The molecule has 0 aliphatic carbocycles. The first-order valence-corrected chi connectivity index (χ1v) is 12.3. The van der Waals surface area contributed by atoms with Crippen molar-refractivity contribution in [3.8, 4) is 0 Å². The molecule has 0 aliphatic heterocycles. The smallest absolute Gasteiger partial charge is 0.412 e. The standard InChI is InChI=1S/C26H28ClF2N5O5/c1-34(23(36)8-6-15-3-2-4-20(29)24(15)27)19(12-32-25(37)21(30)13-35)14-39-26(38)33-22-10-17-9-18(28)7-5-16(17)11-31-22/h2-5,7,9-11,19,21,35H,6,8,12-14,30H2,1H3,(H,32,37)(H,31,33,38)/t19-,21+/m0/s1. The maximum Gasteiger partial charge on any atom is 0.412 e. The molecule has 0 fully saturated rings. The number of nitrogens with two attached hydrogens (primary N) is 1. The molecule has 0 saturated heterocycles. The Bertz CT molecular complexity index is 1350. The van der Waals surface area contributed by atoms with Crippen molar-refractivity contribution >= 4 is 46.1 Å². The van der Waals surface area contributed by atoms with Crippen LogP contribution in [0.15, 0.2) is 48.7 Å². The molecule has 5 N–H and O–H groups in total. The van der Waals surface area contributed by atoms with Gasteiger partial charge in [-0.05, 0) is 47.7 Å². The van der Waals surface area contributed by atoms with Gasteiger partial charge in [-0.1, -0.05) is 23.7 Å². The Labute approximate surface area is 228 Å². The number of halogens is 3. The molecule has 3 rings (SSSR count). The van der Waals surface area contributed by atoms with Gasteiger partial charge >= 0.3 is 6.09 Å². The topological polar surface area (TPSA) is 147 Å². The van der Waals surface area contributed by atoms with Crippen molar-refractivity contribution in [2.45, 2.75) is 24.9 Å². The van der Waals surface area contributed by atoms with Crippen molar-refractivity contribution in [1.82, 2.24) is 15.2 Å². The van der Waals surface area contributed by atoms with E-state index in [0.717, 1.165) is 0 Å². The van der Waals surface area contributed by atoms with E-state index in [2.05, 4.69) is 15.6 Å². The number of amides is 3. The van der Waals surface area contributed by atoms with Gasteiger partial charge in [0, 0.05) is 31.6 Å². The summed E-state index contributed by atoms with van der Waals surface area (Å²) in [6, 6.07) is 7.93.